The molecule has 2 heterocycles. The first-order valence-electron chi connectivity index (χ1n) is 6.13. The smallest absolute Gasteiger partial charge is 0.272 e. The fourth-order valence-corrected chi connectivity index (χ4v) is 2.11. The van der Waals surface area contributed by atoms with Gasteiger partial charge in [0.15, 0.2) is 0 Å². The van der Waals surface area contributed by atoms with Gasteiger partial charge in [0.1, 0.15) is 11.5 Å². The Balaban J connectivity index is 2.13. The number of rotatable bonds is 3. The molecule has 0 bridgehead atoms. The van der Waals surface area contributed by atoms with Crippen LogP contribution in [0.4, 0.5) is 5.82 Å². The van der Waals surface area contributed by atoms with Crippen molar-refractivity contribution in [2.45, 2.75) is 19.1 Å². The van der Waals surface area contributed by atoms with E-state index in [1.807, 2.05) is 6.92 Å². The molecule has 0 spiro atoms. The molecule has 1 amide bonds. The van der Waals surface area contributed by atoms with Gasteiger partial charge in [-0.05, 0) is 19.1 Å². The number of hydrazine groups is 1. The van der Waals surface area contributed by atoms with E-state index in [2.05, 4.69) is 10.4 Å². The third-order valence-electron chi connectivity index (χ3n) is 2.93. The Bertz CT molecular complexity index is 454. The highest BCUT2D eigenvalue weighted by atomic mass is 16.5. The molecule has 0 saturated carbocycles. The largest absolute Gasteiger partial charge is 0.394 e. The lowest BCUT2D eigenvalue weighted by Gasteiger charge is -2.35. The molecule has 7 nitrogen and oxygen atoms in total. The molecule has 1 aromatic heterocycles. The van der Waals surface area contributed by atoms with Crippen LogP contribution in [0.15, 0.2) is 18.2 Å². The molecule has 0 aliphatic carbocycles. The number of ether oxygens (including phenoxy) is 1. The second kappa shape index (κ2) is 5.96. The summed E-state index contributed by atoms with van der Waals surface area (Å²) in [6.07, 6.45) is -0.450. The van der Waals surface area contributed by atoms with Crippen LogP contribution >= 0.6 is 0 Å². The van der Waals surface area contributed by atoms with Gasteiger partial charge < -0.3 is 20.2 Å². The molecule has 4 N–H and O–H groups in total. The van der Waals surface area contributed by atoms with Crippen LogP contribution < -0.4 is 11.3 Å². The summed E-state index contributed by atoms with van der Waals surface area (Å²) in [4.78, 5) is 18.1. The van der Waals surface area contributed by atoms with Gasteiger partial charge >= 0.3 is 0 Å². The van der Waals surface area contributed by atoms with Gasteiger partial charge in [-0.2, -0.15) is 0 Å². The van der Waals surface area contributed by atoms with Gasteiger partial charge in [-0.1, -0.05) is 6.07 Å². The first-order chi connectivity index (χ1) is 9.13. The number of amides is 1. The monoisotopic (exact) mass is 266 g/mol. The van der Waals surface area contributed by atoms with Crippen LogP contribution in [-0.4, -0.2) is 52.8 Å². The van der Waals surface area contributed by atoms with Crippen molar-refractivity contribution in [2.24, 2.45) is 5.84 Å². The predicted octanol–water partition coefficient (Wildman–Crippen LogP) is -0.411. The Morgan fingerprint density at radius 2 is 2.42 bits per heavy atom. The number of pyridine rings is 1. The lowest BCUT2D eigenvalue weighted by atomic mass is 10.2. The second-order valence-electron chi connectivity index (χ2n) is 4.51. The fourth-order valence-electron chi connectivity index (χ4n) is 2.11. The molecule has 19 heavy (non-hydrogen) atoms. The van der Waals surface area contributed by atoms with Gasteiger partial charge in [0, 0.05) is 13.1 Å². The molecule has 2 unspecified atom stereocenters. The number of aliphatic hydroxyl groups excluding tert-OH is 1. The molecule has 1 aliphatic rings. The van der Waals surface area contributed by atoms with E-state index in [9.17, 15) is 4.79 Å². The average molecular weight is 266 g/mol. The number of nitrogens with zero attached hydrogens (tertiary/aromatic N) is 2. The molecular weight excluding hydrogens is 248 g/mol. The van der Waals surface area contributed by atoms with Crippen molar-refractivity contribution < 1.29 is 14.6 Å². The van der Waals surface area contributed by atoms with E-state index < -0.39 is 0 Å². The van der Waals surface area contributed by atoms with Crippen LogP contribution in [0.25, 0.3) is 0 Å². The molecule has 1 aliphatic heterocycles. The van der Waals surface area contributed by atoms with E-state index in [1.54, 1.807) is 23.1 Å². The van der Waals surface area contributed by atoms with Crippen molar-refractivity contribution >= 4 is 11.7 Å². The highest BCUT2D eigenvalue weighted by Crippen LogP contribution is 2.14. The SMILES string of the molecule is CC1CN(C(=O)c2cccc(NN)n2)CC(CO)O1. The molecule has 2 atom stereocenters. The maximum atomic E-state index is 12.3. The van der Waals surface area contributed by atoms with Crippen LogP contribution in [-0.2, 0) is 4.74 Å². The van der Waals surface area contributed by atoms with Crippen molar-refractivity contribution in [3.63, 3.8) is 0 Å². The van der Waals surface area contributed by atoms with Gasteiger partial charge in [-0.25, -0.2) is 10.8 Å². The summed E-state index contributed by atoms with van der Waals surface area (Å²) in [7, 11) is 0. The maximum Gasteiger partial charge on any atom is 0.272 e. The van der Waals surface area contributed by atoms with Crippen molar-refractivity contribution in [3.05, 3.63) is 23.9 Å². The third kappa shape index (κ3) is 3.19. The van der Waals surface area contributed by atoms with Crippen molar-refractivity contribution in [3.8, 4) is 0 Å². The number of nitrogen functional groups attached to an aromatic ring is 1. The lowest BCUT2D eigenvalue weighted by Crippen LogP contribution is -2.50. The first-order valence-corrected chi connectivity index (χ1v) is 6.13. The average Bonchev–Trinajstić information content (AvgIpc) is 2.45. The van der Waals surface area contributed by atoms with Crippen molar-refractivity contribution in [1.82, 2.24) is 9.88 Å². The molecule has 2 rings (SSSR count). The number of carbonyl (C=O) groups excluding carboxylic acids is 1. The zero-order chi connectivity index (χ0) is 13.8. The molecule has 0 aromatic carbocycles. The molecule has 1 saturated heterocycles. The number of anilines is 1. The number of nitrogens with two attached hydrogens (primary N) is 1. The minimum Gasteiger partial charge on any atom is -0.394 e. The Morgan fingerprint density at radius 1 is 1.63 bits per heavy atom. The Morgan fingerprint density at radius 3 is 3.11 bits per heavy atom. The number of carbonyl (C=O) groups is 1. The standard InChI is InChI=1S/C12H18N4O3/c1-8-5-16(6-9(7-17)19-8)12(18)10-3-2-4-11(14-10)15-13/h2-4,8-9,17H,5-7,13H2,1H3,(H,14,15). The summed E-state index contributed by atoms with van der Waals surface area (Å²) in [5, 5.41) is 9.16. The van der Waals surface area contributed by atoms with Crippen LogP contribution in [0.2, 0.25) is 0 Å². The molecule has 104 valence electrons. The number of aliphatic hydroxyl groups is 1. The Hall–Kier alpha value is -1.70. The summed E-state index contributed by atoms with van der Waals surface area (Å²) >= 11 is 0. The number of nitrogens with one attached hydrogen (secondary N) is 1. The van der Waals surface area contributed by atoms with Gasteiger partial charge in [-0.3, -0.25) is 4.79 Å². The normalized spacial score (nSPS) is 23.2. The summed E-state index contributed by atoms with van der Waals surface area (Å²) in [6, 6.07) is 5.02. The highest BCUT2D eigenvalue weighted by molar-refractivity contribution is 5.92. The zero-order valence-electron chi connectivity index (χ0n) is 10.7. The van der Waals surface area contributed by atoms with Crippen molar-refractivity contribution in [1.29, 1.82) is 0 Å². The van der Waals surface area contributed by atoms with E-state index in [4.69, 9.17) is 15.7 Å². The Kier molecular flexibility index (Phi) is 4.31. The van der Waals surface area contributed by atoms with Gasteiger partial charge in [0.2, 0.25) is 0 Å². The van der Waals surface area contributed by atoms with Crippen LogP contribution in [0, 0.1) is 0 Å². The summed E-state index contributed by atoms with van der Waals surface area (Å²) in [5.41, 5.74) is 2.73. The minimum atomic E-state index is -0.344. The minimum absolute atomic E-state index is 0.105. The van der Waals surface area contributed by atoms with E-state index >= 15 is 0 Å². The first kappa shape index (κ1) is 13.7. The van der Waals surface area contributed by atoms with Crippen LogP contribution in [0.3, 0.4) is 0 Å². The van der Waals surface area contributed by atoms with Gasteiger partial charge in [0.25, 0.3) is 5.91 Å². The van der Waals surface area contributed by atoms with Crippen LogP contribution in [0.5, 0.6) is 0 Å². The highest BCUT2D eigenvalue weighted by Gasteiger charge is 2.29. The van der Waals surface area contributed by atoms with Gasteiger partial charge in [-0.15, -0.1) is 0 Å². The number of hydrogen-bond acceptors (Lipinski definition) is 6. The predicted molar refractivity (Wildman–Crippen MR) is 69.4 cm³/mol. The molecule has 7 heteroatoms. The van der Waals surface area contributed by atoms with E-state index in [0.29, 0.717) is 24.6 Å². The number of hydrogen-bond donors (Lipinski definition) is 3. The number of aromatic nitrogens is 1. The maximum absolute atomic E-state index is 12.3. The van der Waals surface area contributed by atoms with E-state index in [-0.39, 0.29) is 24.7 Å². The second-order valence-corrected chi connectivity index (χ2v) is 4.51. The molecule has 1 fully saturated rings. The van der Waals surface area contributed by atoms with Gasteiger partial charge in [0.05, 0.1) is 18.8 Å². The fraction of sp³-hybridized carbons (Fsp3) is 0.500. The third-order valence-corrected chi connectivity index (χ3v) is 2.93. The lowest BCUT2D eigenvalue weighted by molar-refractivity contribution is -0.0859. The number of morpholine rings is 1. The van der Waals surface area contributed by atoms with Crippen molar-refractivity contribution in [2.75, 3.05) is 25.1 Å². The molecule has 1 aromatic rings. The zero-order valence-corrected chi connectivity index (χ0v) is 10.7. The summed E-state index contributed by atoms with van der Waals surface area (Å²) in [5.74, 6) is 5.52. The van der Waals surface area contributed by atoms with Crippen LogP contribution in [0.1, 0.15) is 17.4 Å². The summed E-state index contributed by atoms with van der Waals surface area (Å²) in [6.45, 7) is 2.61. The quantitative estimate of drug-likeness (QED) is 0.508. The van der Waals surface area contributed by atoms with E-state index in [1.165, 1.54) is 0 Å². The summed E-state index contributed by atoms with van der Waals surface area (Å²) < 4.78 is 5.50. The molecular formula is C12H18N4O3. The van der Waals surface area contributed by atoms with E-state index in [0.717, 1.165) is 0 Å². The molecule has 0 radical (unpaired) electrons. The Labute approximate surface area is 111 Å². The topological polar surface area (TPSA) is 101 Å².